The zero-order chi connectivity index (χ0) is 10.8. The van der Waals surface area contributed by atoms with E-state index in [9.17, 15) is 5.11 Å². The minimum absolute atomic E-state index is 0.252. The Kier molecular flexibility index (Phi) is 3.29. The molecule has 0 radical (unpaired) electrons. The molecule has 1 heterocycles. The largest absolute Gasteiger partial charge is 0.396 e. The van der Waals surface area contributed by atoms with E-state index in [-0.39, 0.29) is 6.61 Å². The van der Waals surface area contributed by atoms with Gasteiger partial charge in [0, 0.05) is 36.6 Å². The third-order valence-electron chi connectivity index (χ3n) is 3.13. The van der Waals surface area contributed by atoms with Crippen LogP contribution in [0.1, 0.15) is 11.5 Å². The highest BCUT2D eigenvalue weighted by molar-refractivity contribution is 6.30. The minimum Gasteiger partial charge on any atom is -0.396 e. The van der Waals surface area contributed by atoms with Gasteiger partial charge in [-0.15, -0.1) is 0 Å². The summed E-state index contributed by atoms with van der Waals surface area (Å²) in [7, 11) is 2.09. The summed E-state index contributed by atoms with van der Waals surface area (Å²) < 4.78 is 0. The van der Waals surface area contributed by atoms with Crippen molar-refractivity contribution in [3.63, 3.8) is 0 Å². The second-order valence-corrected chi connectivity index (χ2v) is 4.76. The zero-order valence-corrected chi connectivity index (χ0v) is 9.61. The monoisotopic (exact) mass is 225 g/mol. The highest BCUT2D eigenvalue weighted by Crippen LogP contribution is 2.32. The molecule has 1 fully saturated rings. The predicted octanol–water partition coefficient (Wildman–Crippen LogP) is 1.98. The van der Waals surface area contributed by atoms with Gasteiger partial charge in [0.25, 0.3) is 0 Å². The number of likely N-dealkylation sites (N-methyl/N-ethyl adjacent to an activating group) is 1. The summed E-state index contributed by atoms with van der Waals surface area (Å²) in [6.45, 7) is 2.22. The van der Waals surface area contributed by atoms with Gasteiger partial charge in [-0.25, -0.2) is 0 Å². The van der Waals surface area contributed by atoms with Crippen LogP contribution in [-0.2, 0) is 0 Å². The fourth-order valence-electron chi connectivity index (χ4n) is 2.39. The molecule has 3 heteroatoms. The summed E-state index contributed by atoms with van der Waals surface area (Å²) in [6.07, 6.45) is 0. The van der Waals surface area contributed by atoms with Crippen molar-refractivity contribution in [2.75, 3.05) is 26.7 Å². The minimum atomic E-state index is 0.252. The van der Waals surface area contributed by atoms with Crippen LogP contribution in [0.4, 0.5) is 0 Å². The molecule has 1 aromatic rings. The summed E-state index contributed by atoms with van der Waals surface area (Å²) in [5, 5.41) is 10.1. The van der Waals surface area contributed by atoms with Crippen LogP contribution in [0.25, 0.3) is 0 Å². The van der Waals surface area contributed by atoms with Crippen LogP contribution in [0.3, 0.4) is 0 Å². The molecule has 0 unspecified atom stereocenters. The molecule has 0 aromatic heterocycles. The smallest absolute Gasteiger partial charge is 0.0477 e. The molecular formula is C12H16ClNO. The maximum Gasteiger partial charge on any atom is 0.0477 e. The van der Waals surface area contributed by atoms with Crippen molar-refractivity contribution < 1.29 is 5.11 Å². The summed E-state index contributed by atoms with van der Waals surface area (Å²) in [4.78, 5) is 2.26. The van der Waals surface area contributed by atoms with Crippen molar-refractivity contribution in [3.05, 3.63) is 34.9 Å². The van der Waals surface area contributed by atoms with Gasteiger partial charge in [0.1, 0.15) is 0 Å². The first-order valence-electron chi connectivity index (χ1n) is 5.25. The Morgan fingerprint density at radius 1 is 1.47 bits per heavy atom. The molecule has 0 saturated carbocycles. The van der Waals surface area contributed by atoms with Gasteiger partial charge in [-0.3, -0.25) is 0 Å². The van der Waals surface area contributed by atoms with E-state index in [1.807, 2.05) is 18.2 Å². The third kappa shape index (κ3) is 2.33. The second-order valence-electron chi connectivity index (χ2n) is 4.33. The lowest BCUT2D eigenvalue weighted by Crippen LogP contribution is -2.15. The van der Waals surface area contributed by atoms with Gasteiger partial charge in [0.15, 0.2) is 0 Å². The second kappa shape index (κ2) is 4.52. The average molecular weight is 226 g/mol. The topological polar surface area (TPSA) is 23.5 Å². The molecule has 0 amide bonds. The number of hydrogen-bond acceptors (Lipinski definition) is 2. The van der Waals surface area contributed by atoms with Gasteiger partial charge >= 0.3 is 0 Å². The number of likely N-dealkylation sites (tertiary alicyclic amines) is 1. The van der Waals surface area contributed by atoms with Gasteiger partial charge in [-0.1, -0.05) is 23.7 Å². The van der Waals surface area contributed by atoms with Crippen LogP contribution in [-0.4, -0.2) is 36.8 Å². The van der Waals surface area contributed by atoms with Gasteiger partial charge in [0.2, 0.25) is 0 Å². The molecular weight excluding hydrogens is 210 g/mol. The molecule has 2 atom stereocenters. The van der Waals surface area contributed by atoms with E-state index >= 15 is 0 Å². The summed E-state index contributed by atoms with van der Waals surface area (Å²) in [5.74, 6) is 0.757. The van der Waals surface area contributed by atoms with Crippen molar-refractivity contribution >= 4 is 11.6 Å². The number of aliphatic hydroxyl groups is 1. The van der Waals surface area contributed by atoms with E-state index in [2.05, 4.69) is 18.0 Å². The fraction of sp³-hybridized carbons (Fsp3) is 0.500. The van der Waals surface area contributed by atoms with Crippen molar-refractivity contribution in [1.29, 1.82) is 0 Å². The first-order chi connectivity index (χ1) is 7.20. The molecule has 1 aromatic carbocycles. The first-order valence-corrected chi connectivity index (χ1v) is 5.63. The number of nitrogens with zero attached hydrogens (tertiary/aromatic N) is 1. The summed E-state index contributed by atoms with van der Waals surface area (Å²) in [6, 6.07) is 7.97. The highest BCUT2D eigenvalue weighted by Gasteiger charge is 2.31. The molecule has 82 valence electrons. The molecule has 15 heavy (non-hydrogen) atoms. The Hall–Kier alpha value is -0.570. The van der Waals surface area contributed by atoms with E-state index in [1.165, 1.54) is 5.56 Å². The van der Waals surface area contributed by atoms with E-state index in [0.717, 1.165) is 18.1 Å². The standard InChI is InChI=1S/C12H16ClNO/c1-14-6-10(8-15)12(7-14)9-3-2-4-11(13)5-9/h2-5,10,12,15H,6-8H2,1H3/t10-,12-/m1/s1. The summed E-state index contributed by atoms with van der Waals surface area (Å²) >= 11 is 5.97. The number of aliphatic hydroxyl groups excluding tert-OH is 1. The molecule has 0 bridgehead atoms. The predicted molar refractivity (Wildman–Crippen MR) is 62.3 cm³/mol. The lowest BCUT2D eigenvalue weighted by molar-refractivity contribution is 0.219. The number of rotatable bonds is 2. The lowest BCUT2D eigenvalue weighted by atomic mass is 9.90. The molecule has 1 saturated heterocycles. The van der Waals surface area contributed by atoms with Crippen molar-refractivity contribution in [2.24, 2.45) is 5.92 Å². The van der Waals surface area contributed by atoms with Gasteiger partial charge < -0.3 is 10.0 Å². The normalized spacial score (nSPS) is 27.1. The van der Waals surface area contributed by atoms with Gasteiger partial charge in [0.05, 0.1) is 0 Å². The van der Waals surface area contributed by atoms with Crippen molar-refractivity contribution in [2.45, 2.75) is 5.92 Å². The van der Waals surface area contributed by atoms with E-state index in [4.69, 9.17) is 11.6 Å². The molecule has 1 N–H and O–H groups in total. The quantitative estimate of drug-likeness (QED) is 0.832. The van der Waals surface area contributed by atoms with Crippen LogP contribution in [0.5, 0.6) is 0 Å². The Morgan fingerprint density at radius 2 is 2.27 bits per heavy atom. The molecule has 0 aliphatic carbocycles. The lowest BCUT2D eigenvalue weighted by Gasteiger charge is -2.16. The van der Waals surface area contributed by atoms with E-state index in [1.54, 1.807) is 0 Å². The van der Waals surface area contributed by atoms with Crippen LogP contribution < -0.4 is 0 Å². The summed E-state index contributed by atoms with van der Waals surface area (Å²) in [5.41, 5.74) is 1.24. The molecule has 1 aliphatic heterocycles. The first kappa shape index (κ1) is 10.9. The maximum atomic E-state index is 9.33. The van der Waals surface area contributed by atoms with E-state index in [0.29, 0.717) is 11.8 Å². The van der Waals surface area contributed by atoms with E-state index < -0.39 is 0 Å². The SMILES string of the molecule is CN1C[C@H](CO)[C@@H](c2cccc(Cl)c2)C1. The molecule has 2 nitrogen and oxygen atoms in total. The van der Waals surface area contributed by atoms with Crippen LogP contribution in [0, 0.1) is 5.92 Å². The van der Waals surface area contributed by atoms with Crippen molar-refractivity contribution in [3.8, 4) is 0 Å². The number of benzene rings is 1. The van der Waals surface area contributed by atoms with Crippen LogP contribution in [0.15, 0.2) is 24.3 Å². The van der Waals surface area contributed by atoms with Gasteiger partial charge in [-0.05, 0) is 24.7 Å². The third-order valence-corrected chi connectivity index (χ3v) is 3.37. The Bertz CT molecular complexity index is 342. The fourth-order valence-corrected chi connectivity index (χ4v) is 2.59. The van der Waals surface area contributed by atoms with Crippen LogP contribution in [0.2, 0.25) is 5.02 Å². The molecule has 1 aliphatic rings. The van der Waals surface area contributed by atoms with Crippen molar-refractivity contribution in [1.82, 2.24) is 4.90 Å². The zero-order valence-electron chi connectivity index (χ0n) is 8.86. The molecule has 2 rings (SSSR count). The van der Waals surface area contributed by atoms with Crippen LogP contribution >= 0.6 is 11.6 Å². The molecule has 0 spiro atoms. The Morgan fingerprint density at radius 3 is 2.93 bits per heavy atom. The highest BCUT2D eigenvalue weighted by atomic mass is 35.5. The maximum absolute atomic E-state index is 9.33. The average Bonchev–Trinajstić information content (AvgIpc) is 2.59. The number of hydrogen-bond donors (Lipinski definition) is 1. The van der Waals surface area contributed by atoms with Gasteiger partial charge in [-0.2, -0.15) is 0 Å². The number of halogens is 1. The Balaban J connectivity index is 2.22. The Labute approximate surface area is 95.5 Å².